The van der Waals surface area contributed by atoms with Crippen molar-refractivity contribution in [3.05, 3.63) is 42.1 Å². The van der Waals surface area contributed by atoms with Crippen LogP contribution in [0.15, 0.2) is 40.9 Å². The normalized spacial score (nSPS) is 16.9. The molecule has 1 amide bonds. The van der Waals surface area contributed by atoms with Crippen molar-refractivity contribution in [3.63, 3.8) is 0 Å². The highest BCUT2D eigenvalue weighted by atomic mass is 32.2. The number of carbonyl (C=O) groups is 1. The van der Waals surface area contributed by atoms with E-state index >= 15 is 0 Å². The number of carbonyl (C=O) groups excluding carboxylic acids is 1. The van der Waals surface area contributed by atoms with Crippen LogP contribution in [-0.2, 0) is 11.2 Å². The van der Waals surface area contributed by atoms with Crippen molar-refractivity contribution in [1.82, 2.24) is 10.5 Å². The Morgan fingerprint density at radius 1 is 1.30 bits per heavy atom. The molecule has 1 aliphatic heterocycles. The minimum atomic E-state index is -0.764. The van der Waals surface area contributed by atoms with Crippen molar-refractivity contribution in [3.8, 4) is 11.3 Å². The van der Waals surface area contributed by atoms with Crippen LogP contribution in [0.5, 0.6) is 0 Å². The van der Waals surface area contributed by atoms with Crippen LogP contribution in [-0.4, -0.2) is 39.8 Å². The van der Waals surface area contributed by atoms with Gasteiger partial charge in [-0.05, 0) is 24.3 Å². The highest BCUT2D eigenvalue weighted by molar-refractivity contribution is 7.99. The summed E-state index contributed by atoms with van der Waals surface area (Å²) < 4.78 is 5.28. The Bertz CT molecular complexity index is 651. The molecule has 0 aliphatic carbocycles. The zero-order valence-corrected chi connectivity index (χ0v) is 13.6. The molecule has 5 nitrogen and oxygen atoms in total. The van der Waals surface area contributed by atoms with Gasteiger partial charge in [0.05, 0.1) is 17.7 Å². The lowest BCUT2D eigenvalue weighted by atomic mass is 9.97. The number of hydrogen-bond donors (Lipinski definition) is 2. The van der Waals surface area contributed by atoms with Gasteiger partial charge in [0.25, 0.3) is 0 Å². The maximum Gasteiger partial charge on any atom is 0.226 e. The van der Waals surface area contributed by atoms with E-state index in [9.17, 15) is 9.90 Å². The predicted molar refractivity (Wildman–Crippen MR) is 90.2 cm³/mol. The van der Waals surface area contributed by atoms with Crippen LogP contribution in [0.4, 0.5) is 0 Å². The summed E-state index contributed by atoms with van der Waals surface area (Å²) in [7, 11) is 0. The Kier molecular flexibility index (Phi) is 5.03. The third-order valence-corrected chi connectivity index (χ3v) is 4.98. The van der Waals surface area contributed by atoms with Crippen LogP contribution < -0.4 is 5.32 Å². The van der Waals surface area contributed by atoms with Crippen LogP contribution in [0, 0.1) is 0 Å². The van der Waals surface area contributed by atoms with Crippen LogP contribution in [0.2, 0.25) is 0 Å². The van der Waals surface area contributed by atoms with Gasteiger partial charge < -0.3 is 14.9 Å². The first-order chi connectivity index (χ1) is 11.1. The lowest BCUT2D eigenvalue weighted by Crippen LogP contribution is -2.45. The molecule has 122 valence electrons. The number of benzene rings is 1. The molecule has 0 bridgehead atoms. The molecule has 0 spiro atoms. The van der Waals surface area contributed by atoms with Gasteiger partial charge in [-0.3, -0.25) is 4.79 Å². The fraction of sp³-hybridized carbons (Fsp3) is 0.412. The number of nitrogens with one attached hydrogen (secondary N) is 1. The van der Waals surface area contributed by atoms with E-state index in [1.54, 1.807) is 6.07 Å². The lowest BCUT2D eigenvalue weighted by molar-refractivity contribution is -0.121. The Hall–Kier alpha value is -1.79. The Balaban J connectivity index is 1.53. The summed E-state index contributed by atoms with van der Waals surface area (Å²) in [4.78, 5) is 12.0. The standard InChI is InChI=1S/C17H20N2O3S/c20-16(18-12-17(21)6-8-23-9-7-17)11-14-10-15(22-19-14)13-4-2-1-3-5-13/h1-5,10,21H,6-9,11-12H2,(H,18,20). The summed E-state index contributed by atoms with van der Waals surface area (Å²) >= 11 is 1.84. The fourth-order valence-corrected chi connectivity index (χ4v) is 3.80. The van der Waals surface area contributed by atoms with Gasteiger partial charge in [-0.1, -0.05) is 35.5 Å². The molecule has 23 heavy (non-hydrogen) atoms. The van der Waals surface area contributed by atoms with Gasteiger partial charge >= 0.3 is 0 Å². The molecule has 2 heterocycles. The first-order valence-electron chi connectivity index (χ1n) is 7.72. The minimum absolute atomic E-state index is 0.149. The van der Waals surface area contributed by atoms with E-state index < -0.39 is 5.60 Å². The average Bonchev–Trinajstić information content (AvgIpc) is 3.03. The van der Waals surface area contributed by atoms with Crippen LogP contribution in [0.25, 0.3) is 11.3 Å². The molecule has 0 saturated carbocycles. The summed E-state index contributed by atoms with van der Waals surface area (Å²) in [5.41, 5.74) is 0.758. The second-order valence-corrected chi connectivity index (χ2v) is 7.06. The van der Waals surface area contributed by atoms with Gasteiger partial charge in [-0.15, -0.1) is 0 Å². The zero-order valence-electron chi connectivity index (χ0n) is 12.8. The SMILES string of the molecule is O=C(Cc1cc(-c2ccccc2)on1)NCC1(O)CCSCC1. The van der Waals surface area contributed by atoms with E-state index in [1.807, 2.05) is 42.1 Å². The number of nitrogens with zero attached hydrogens (tertiary/aromatic N) is 1. The molecule has 0 unspecified atom stereocenters. The van der Waals surface area contributed by atoms with Crippen LogP contribution >= 0.6 is 11.8 Å². The van der Waals surface area contributed by atoms with Crippen molar-refractivity contribution in [1.29, 1.82) is 0 Å². The molecule has 1 saturated heterocycles. The average molecular weight is 332 g/mol. The first-order valence-corrected chi connectivity index (χ1v) is 8.88. The van der Waals surface area contributed by atoms with Crippen molar-refractivity contribution in [2.45, 2.75) is 24.9 Å². The number of thioether (sulfide) groups is 1. The summed E-state index contributed by atoms with van der Waals surface area (Å²) in [6.45, 7) is 0.301. The summed E-state index contributed by atoms with van der Waals surface area (Å²) in [5.74, 6) is 2.38. The maximum absolute atomic E-state index is 12.0. The lowest BCUT2D eigenvalue weighted by Gasteiger charge is -2.31. The Morgan fingerprint density at radius 2 is 2.04 bits per heavy atom. The van der Waals surface area contributed by atoms with E-state index in [4.69, 9.17) is 4.52 Å². The zero-order chi connectivity index (χ0) is 16.1. The Morgan fingerprint density at radius 3 is 2.78 bits per heavy atom. The van der Waals surface area contributed by atoms with E-state index in [2.05, 4.69) is 10.5 Å². The largest absolute Gasteiger partial charge is 0.388 e. The third kappa shape index (κ3) is 4.36. The third-order valence-electron chi connectivity index (χ3n) is 4.00. The molecular formula is C17H20N2O3S. The molecular weight excluding hydrogens is 312 g/mol. The molecule has 2 N–H and O–H groups in total. The van der Waals surface area contributed by atoms with Crippen molar-refractivity contribution in [2.75, 3.05) is 18.1 Å². The topological polar surface area (TPSA) is 75.4 Å². The molecule has 1 fully saturated rings. The molecule has 3 rings (SSSR count). The number of aliphatic hydroxyl groups is 1. The van der Waals surface area contributed by atoms with E-state index in [0.717, 1.165) is 29.9 Å². The quantitative estimate of drug-likeness (QED) is 0.878. The second-order valence-electron chi connectivity index (χ2n) is 5.84. The smallest absolute Gasteiger partial charge is 0.226 e. The van der Waals surface area contributed by atoms with Crippen LogP contribution in [0.1, 0.15) is 18.5 Å². The molecule has 1 aliphatic rings. The summed E-state index contributed by atoms with van der Waals surface area (Å²) in [5, 5.41) is 17.1. The van der Waals surface area contributed by atoms with Gasteiger partial charge in [0.2, 0.25) is 5.91 Å². The van der Waals surface area contributed by atoms with E-state index in [-0.39, 0.29) is 12.3 Å². The predicted octanol–water partition coefficient (Wildman–Crippen LogP) is 2.26. The summed E-state index contributed by atoms with van der Waals surface area (Å²) in [6, 6.07) is 11.4. The molecule has 0 atom stereocenters. The van der Waals surface area contributed by atoms with E-state index in [0.29, 0.717) is 18.0 Å². The highest BCUT2D eigenvalue weighted by Gasteiger charge is 2.29. The van der Waals surface area contributed by atoms with Gasteiger partial charge in [-0.2, -0.15) is 11.8 Å². The van der Waals surface area contributed by atoms with Gasteiger partial charge in [-0.25, -0.2) is 0 Å². The van der Waals surface area contributed by atoms with E-state index in [1.165, 1.54) is 0 Å². The number of amides is 1. The van der Waals surface area contributed by atoms with Gasteiger partial charge in [0, 0.05) is 18.2 Å². The molecule has 1 aromatic heterocycles. The first kappa shape index (κ1) is 16.1. The molecule has 1 aromatic carbocycles. The number of hydrogen-bond acceptors (Lipinski definition) is 5. The number of aromatic nitrogens is 1. The van der Waals surface area contributed by atoms with Crippen LogP contribution in [0.3, 0.4) is 0 Å². The monoisotopic (exact) mass is 332 g/mol. The number of rotatable bonds is 5. The second kappa shape index (κ2) is 7.19. The minimum Gasteiger partial charge on any atom is -0.388 e. The Labute approximate surface area is 139 Å². The summed E-state index contributed by atoms with van der Waals surface area (Å²) in [6.07, 6.45) is 1.60. The highest BCUT2D eigenvalue weighted by Crippen LogP contribution is 2.26. The molecule has 0 radical (unpaired) electrons. The van der Waals surface area contributed by atoms with Crippen molar-refractivity contribution >= 4 is 17.7 Å². The van der Waals surface area contributed by atoms with Crippen molar-refractivity contribution in [2.24, 2.45) is 0 Å². The fourth-order valence-electron chi connectivity index (χ4n) is 2.55. The molecule has 2 aromatic rings. The molecule has 6 heteroatoms. The van der Waals surface area contributed by atoms with Gasteiger partial charge in [0.15, 0.2) is 5.76 Å². The maximum atomic E-state index is 12.0. The van der Waals surface area contributed by atoms with Gasteiger partial charge in [0.1, 0.15) is 0 Å². The van der Waals surface area contributed by atoms with Crippen molar-refractivity contribution < 1.29 is 14.4 Å².